The third kappa shape index (κ3) is 6.79. The lowest BCUT2D eigenvalue weighted by atomic mass is 9.80. The predicted octanol–water partition coefficient (Wildman–Crippen LogP) is 4.22. The summed E-state index contributed by atoms with van der Waals surface area (Å²) < 4.78 is 5.22. The van der Waals surface area contributed by atoms with Crippen LogP contribution in [0.2, 0.25) is 0 Å². The maximum absolute atomic E-state index is 5.22. The molecule has 0 unspecified atom stereocenters. The highest BCUT2D eigenvalue weighted by Gasteiger charge is 2.23. The fraction of sp³-hybridized carbons (Fsp3) is 0.789. The van der Waals surface area contributed by atoms with E-state index in [0.29, 0.717) is 6.04 Å². The summed E-state index contributed by atoms with van der Waals surface area (Å²) in [5, 5.41) is 11.0. The SMILES string of the molecule is CCNC(=NCCc1c(C)noc1C)NC1CCC(C(C)C)CC1.I. The van der Waals surface area contributed by atoms with E-state index in [-0.39, 0.29) is 24.0 Å². The Kier molecular flexibility index (Phi) is 9.82. The quantitative estimate of drug-likeness (QED) is 0.378. The van der Waals surface area contributed by atoms with E-state index < -0.39 is 0 Å². The minimum atomic E-state index is 0. The summed E-state index contributed by atoms with van der Waals surface area (Å²) in [5.41, 5.74) is 2.17. The molecule has 0 radical (unpaired) electrons. The molecular formula is C19H35IN4O. The number of hydrogen-bond acceptors (Lipinski definition) is 3. The van der Waals surface area contributed by atoms with Gasteiger partial charge in [0.25, 0.3) is 0 Å². The summed E-state index contributed by atoms with van der Waals surface area (Å²) >= 11 is 0. The van der Waals surface area contributed by atoms with E-state index in [1.54, 1.807) is 0 Å². The van der Waals surface area contributed by atoms with Crippen molar-refractivity contribution >= 4 is 29.9 Å². The molecule has 1 fully saturated rings. The Bertz CT molecular complexity index is 514. The summed E-state index contributed by atoms with van der Waals surface area (Å²) in [5.74, 6) is 3.55. The first-order chi connectivity index (χ1) is 11.5. The molecule has 0 atom stereocenters. The van der Waals surface area contributed by atoms with Gasteiger partial charge in [0.1, 0.15) is 5.76 Å². The van der Waals surface area contributed by atoms with Gasteiger partial charge in [-0.3, -0.25) is 4.99 Å². The predicted molar refractivity (Wildman–Crippen MR) is 115 cm³/mol. The molecule has 0 saturated heterocycles. The Labute approximate surface area is 169 Å². The molecule has 1 heterocycles. The Morgan fingerprint density at radius 2 is 1.92 bits per heavy atom. The van der Waals surface area contributed by atoms with Crippen molar-refractivity contribution < 1.29 is 4.52 Å². The van der Waals surface area contributed by atoms with Gasteiger partial charge in [0.05, 0.1) is 5.69 Å². The summed E-state index contributed by atoms with van der Waals surface area (Å²) in [6.07, 6.45) is 6.02. The van der Waals surface area contributed by atoms with Crippen molar-refractivity contribution in [3.05, 3.63) is 17.0 Å². The van der Waals surface area contributed by atoms with Crippen LogP contribution in [0.5, 0.6) is 0 Å². The highest BCUT2D eigenvalue weighted by molar-refractivity contribution is 14.0. The third-order valence-electron chi connectivity index (χ3n) is 5.21. The van der Waals surface area contributed by atoms with Crippen LogP contribution in [0.15, 0.2) is 9.52 Å². The fourth-order valence-corrected chi connectivity index (χ4v) is 3.58. The van der Waals surface area contributed by atoms with Gasteiger partial charge in [-0.25, -0.2) is 0 Å². The Morgan fingerprint density at radius 1 is 1.24 bits per heavy atom. The van der Waals surface area contributed by atoms with Crippen LogP contribution in [0.3, 0.4) is 0 Å². The first-order valence-electron chi connectivity index (χ1n) is 9.47. The van der Waals surface area contributed by atoms with Crippen LogP contribution in [-0.2, 0) is 6.42 Å². The molecule has 1 aliphatic carbocycles. The number of halogens is 1. The van der Waals surface area contributed by atoms with Gasteiger partial charge in [-0.05, 0) is 64.7 Å². The van der Waals surface area contributed by atoms with Gasteiger partial charge in [-0.1, -0.05) is 19.0 Å². The molecule has 1 aliphatic rings. The third-order valence-corrected chi connectivity index (χ3v) is 5.21. The molecular weight excluding hydrogens is 427 g/mol. The second-order valence-corrected chi connectivity index (χ2v) is 7.31. The number of nitrogens with zero attached hydrogens (tertiary/aromatic N) is 2. The first-order valence-corrected chi connectivity index (χ1v) is 9.47. The van der Waals surface area contributed by atoms with Gasteiger partial charge in [0.2, 0.25) is 0 Å². The molecule has 6 heteroatoms. The van der Waals surface area contributed by atoms with Crippen LogP contribution < -0.4 is 10.6 Å². The summed E-state index contributed by atoms with van der Waals surface area (Å²) in [6, 6.07) is 0.553. The van der Waals surface area contributed by atoms with Crippen molar-refractivity contribution in [3.63, 3.8) is 0 Å². The molecule has 2 N–H and O–H groups in total. The number of aromatic nitrogens is 1. The fourth-order valence-electron chi connectivity index (χ4n) is 3.58. The van der Waals surface area contributed by atoms with Crippen LogP contribution in [0.4, 0.5) is 0 Å². The highest BCUT2D eigenvalue weighted by Crippen LogP contribution is 2.29. The molecule has 1 aromatic heterocycles. The first kappa shape index (κ1) is 22.3. The Hall–Kier alpha value is -0.790. The van der Waals surface area contributed by atoms with Crippen molar-refractivity contribution in [2.45, 2.75) is 72.8 Å². The number of guanidine groups is 1. The number of nitrogens with one attached hydrogen (secondary N) is 2. The minimum absolute atomic E-state index is 0. The van der Waals surface area contributed by atoms with Gasteiger partial charge >= 0.3 is 0 Å². The zero-order valence-electron chi connectivity index (χ0n) is 16.4. The highest BCUT2D eigenvalue weighted by atomic mass is 127. The average Bonchev–Trinajstić information content (AvgIpc) is 2.87. The molecule has 0 spiro atoms. The van der Waals surface area contributed by atoms with Crippen LogP contribution in [0.25, 0.3) is 0 Å². The molecule has 0 amide bonds. The van der Waals surface area contributed by atoms with Gasteiger partial charge < -0.3 is 15.2 Å². The molecule has 1 saturated carbocycles. The van der Waals surface area contributed by atoms with Crippen molar-refractivity contribution in [1.29, 1.82) is 0 Å². The smallest absolute Gasteiger partial charge is 0.191 e. The largest absolute Gasteiger partial charge is 0.361 e. The number of hydrogen-bond donors (Lipinski definition) is 2. The number of rotatable bonds is 6. The van der Waals surface area contributed by atoms with E-state index in [0.717, 1.165) is 48.8 Å². The molecule has 25 heavy (non-hydrogen) atoms. The van der Waals surface area contributed by atoms with Crippen LogP contribution >= 0.6 is 24.0 Å². The number of aryl methyl sites for hydroxylation is 2. The van der Waals surface area contributed by atoms with Crippen LogP contribution in [0.1, 0.15) is 63.5 Å². The number of aliphatic imine (C=N–C) groups is 1. The van der Waals surface area contributed by atoms with Gasteiger partial charge in [0.15, 0.2) is 5.96 Å². The molecule has 144 valence electrons. The average molecular weight is 462 g/mol. The Balaban J connectivity index is 0.00000312. The summed E-state index contributed by atoms with van der Waals surface area (Å²) in [4.78, 5) is 4.74. The zero-order valence-corrected chi connectivity index (χ0v) is 18.7. The van der Waals surface area contributed by atoms with E-state index in [4.69, 9.17) is 9.52 Å². The molecule has 0 aliphatic heterocycles. The van der Waals surface area contributed by atoms with Crippen LogP contribution in [-0.4, -0.2) is 30.2 Å². The second kappa shape index (κ2) is 11.0. The van der Waals surface area contributed by atoms with Gasteiger partial charge in [-0.15, -0.1) is 24.0 Å². The standard InChI is InChI=1S/C19H34N4O.HI/c1-6-20-19(21-12-11-18-14(4)23-24-15(18)5)22-17-9-7-16(8-10-17)13(2)3;/h13,16-17H,6-12H2,1-5H3,(H2,20,21,22);1H. The molecule has 0 aromatic carbocycles. The van der Waals surface area contributed by atoms with Crippen molar-refractivity contribution in [2.75, 3.05) is 13.1 Å². The van der Waals surface area contributed by atoms with Crippen molar-refractivity contribution in [2.24, 2.45) is 16.8 Å². The topological polar surface area (TPSA) is 62.5 Å². The van der Waals surface area contributed by atoms with Gasteiger partial charge in [-0.2, -0.15) is 0 Å². The molecule has 0 bridgehead atoms. The Morgan fingerprint density at radius 3 is 2.44 bits per heavy atom. The molecule has 1 aromatic rings. The zero-order chi connectivity index (χ0) is 17.5. The second-order valence-electron chi connectivity index (χ2n) is 7.31. The normalized spacial score (nSPS) is 21.1. The maximum Gasteiger partial charge on any atom is 0.191 e. The maximum atomic E-state index is 5.22. The van der Waals surface area contributed by atoms with Crippen molar-refractivity contribution in [3.8, 4) is 0 Å². The van der Waals surface area contributed by atoms with E-state index >= 15 is 0 Å². The lowest BCUT2D eigenvalue weighted by Gasteiger charge is -2.32. The van der Waals surface area contributed by atoms with E-state index in [9.17, 15) is 0 Å². The molecule has 2 rings (SSSR count). The lowest BCUT2D eigenvalue weighted by molar-refractivity contribution is 0.250. The van der Waals surface area contributed by atoms with E-state index in [2.05, 4.69) is 36.6 Å². The summed E-state index contributed by atoms with van der Waals surface area (Å²) in [6.45, 7) is 12.4. The lowest BCUT2D eigenvalue weighted by Crippen LogP contribution is -2.45. The minimum Gasteiger partial charge on any atom is -0.361 e. The molecule has 5 nitrogen and oxygen atoms in total. The monoisotopic (exact) mass is 462 g/mol. The summed E-state index contributed by atoms with van der Waals surface area (Å²) in [7, 11) is 0. The van der Waals surface area contributed by atoms with E-state index in [1.807, 2.05) is 13.8 Å². The van der Waals surface area contributed by atoms with E-state index in [1.165, 1.54) is 31.2 Å². The van der Waals surface area contributed by atoms with Crippen LogP contribution in [0, 0.1) is 25.7 Å². The van der Waals surface area contributed by atoms with Gasteiger partial charge in [0, 0.05) is 24.7 Å². The van der Waals surface area contributed by atoms with Crippen molar-refractivity contribution in [1.82, 2.24) is 15.8 Å².